The number of rotatable bonds is 6. The molecule has 2 fully saturated rings. The smallest absolute Gasteiger partial charge is 0.277 e. The molecule has 4 rings (SSSR count). The van der Waals surface area contributed by atoms with Gasteiger partial charge in [-0.3, -0.25) is 9.69 Å². The maximum atomic E-state index is 13.3. The molecule has 1 amide bonds. The van der Waals surface area contributed by atoms with Gasteiger partial charge in [-0.15, -0.1) is 21.5 Å². The van der Waals surface area contributed by atoms with Gasteiger partial charge in [0.1, 0.15) is 0 Å². The third kappa shape index (κ3) is 4.59. The average Bonchev–Trinajstić information content (AvgIpc) is 3.42. The highest BCUT2D eigenvalue weighted by Crippen LogP contribution is 2.35. The normalized spacial score (nSPS) is 20.2. The van der Waals surface area contributed by atoms with Crippen molar-refractivity contribution >= 4 is 34.1 Å². The molecule has 0 aromatic carbocycles. The molecule has 0 aliphatic heterocycles. The largest absolute Gasteiger partial charge is 0.416 e. The van der Waals surface area contributed by atoms with Crippen LogP contribution < -0.4 is 4.90 Å². The summed E-state index contributed by atoms with van der Waals surface area (Å²) >= 11 is 2.90. The summed E-state index contributed by atoms with van der Waals surface area (Å²) < 4.78 is 5.92. The first-order valence-electron chi connectivity index (χ1n) is 10.4. The highest BCUT2D eigenvalue weighted by Gasteiger charge is 2.33. The number of anilines is 1. The number of carbonyl (C=O) groups is 1. The SMILES string of the molecule is CC(Sc1nnc(C2CCCCC2)o1)C(=O)N(c1nccs1)C1CCCCC1. The van der Waals surface area contributed by atoms with Gasteiger partial charge in [-0.2, -0.15) is 0 Å². The van der Waals surface area contributed by atoms with E-state index in [4.69, 9.17) is 4.42 Å². The molecule has 28 heavy (non-hydrogen) atoms. The van der Waals surface area contributed by atoms with Gasteiger partial charge in [0.25, 0.3) is 5.22 Å². The molecule has 2 aromatic rings. The molecule has 1 unspecified atom stereocenters. The van der Waals surface area contributed by atoms with E-state index < -0.39 is 0 Å². The summed E-state index contributed by atoms with van der Waals surface area (Å²) in [5.41, 5.74) is 0. The van der Waals surface area contributed by atoms with Gasteiger partial charge in [0.2, 0.25) is 11.8 Å². The number of carbonyl (C=O) groups excluding carboxylic acids is 1. The Labute approximate surface area is 174 Å². The number of thiazole rings is 1. The number of thioether (sulfide) groups is 1. The van der Waals surface area contributed by atoms with Crippen LogP contribution in [0.15, 0.2) is 21.2 Å². The van der Waals surface area contributed by atoms with E-state index in [1.807, 2.05) is 17.2 Å². The van der Waals surface area contributed by atoms with Crippen LogP contribution in [0.25, 0.3) is 0 Å². The van der Waals surface area contributed by atoms with Gasteiger partial charge in [-0.05, 0) is 32.6 Å². The standard InChI is InChI=1S/C20H28N4O2S2/c1-14(28-20-23-22-17(26-20)15-8-4-2-5-9-15)18(25)24(19-21-12-13-27-19)16-10-6-3-7-11-16/h12-16H,2-11H2,1H3. The van der Waals surface area contributed by atoms with Crippen molar-refractivity contribution in [1.29, 1.82) is 0 Å². The van der Waals surface area contributed by atoms with Gasteiger partial charge in [0, 0.05) is 23.5 Å². The summed E-state index contributed by atoms with van der Waals surface area (Å²) in [4.78, 5) is 19.7. The Balaban J connectivity index is 1.44. The van der Waals surface area contributed by atoms with Gasteiger partial charge in [0.05, 0.1) is 5.25 Å². The highest BCUT2D eigenvalue weighted by molar-refractivity contribution is 8.00. The van der Waals surface area contributed by atoms with Crippen LogP contribution in [-0.2, 0) is 4.79 Å². The van der Waals surface area contributed by atoms with E-state index in [1.54, 1.807) is 6.20 Å². The topological polar surface area (TPSA) is 72.1 Å². The molecular formula is C20H28N4O2S2. The van der Waals surface area contributed by atoms with Crippen molar-refractivity contribution in [3.05, 3.63) is 17.5 Å². The van der Waals surface area contributed by atoms with Crippen LogP contribution >= 0.6 is 23.1 Å². The molecule has 8 heteroatoms. The van der Waals surface area contributed by atoms with Crippen molar-refractivity contribution in [1.82, 2.24) is 15.2 Å². The fraction of sp³-hybridized carbons (Fsp3) is 0.700. The van der Waals surface area contributed by atoms with Crippen LogP contribution in [0.3, 0.4) is 0 Å². The molecule has 2 saturated carbocycles. The van der Waals surface area contributed by atoms with E-state index in [2.05, 4.69) is 15.2 Å². The third-order valence-corrected chi connectivity index (χ3v) is 7.50. The van der Waals surface area contributed by atoms with E-state index in [-0.39, 0.29) is 17.2 Å². The van der Waals surface area contributed by atoms with Crippen molar-refractivity contribution in [2.24, 2.45) is 0 Å². The molecule has 0 N–H and O–H groups in total. The Hall–Kier alpha value is -1.41. The van der Waals surface area contributed by atoms with Crippen LogP contribution in [-0.4, -0.2) is 32.4 Å². The summed E-state index contributed by atoms with van der Waals surface area (Å²) in [6.45, 7) is 1.93. The zero-order chi connectivity index (χ0) is 19.3. The number of amides is 1. The molecule has 152 valence electrons. The quantitative estimate of drug-likeness (QED) is 0.581. The lowest BCUT2D eigenvalue weighted by atomic mass is 9.89. The van der Waals surface area contributed by atoms with Gasteiger partial charge in [0.15, 0.2) is 5.13 Å². The first-order valence-corrected chi connectivity index (χ1v) is 12.2. The van der Waals surface area contributed by atoms with Crippen LogP contribution in [0.5, 0.6) is 0 Å². The fourth-order valence-electron chi connectivity index (χ4n) is 4.28. The Bertz CT molecular complexity index is 752. The van der Waals surface area contributed by atoms with E-state index in [1.165, 1.54) is 61.6 Å². The van der Waals surface area contributed by atoms with Crippen LogP contribution in [0.1, 0.15) is 82.9 Å². The van der Waals surface area contributed by atoms with Gasteiger partial charge < -0.3 is 4.42 Å². The Morgan fingerprint density at radius 1 is 1.14 bits per heavy atom. The lowest BCUT2D eigenvalue weighted by Crippen LogP contribution is -2.45. The van der Waals surface area contributed by atoms with Gasteiger partial charge in [-0.1, -0.05) is 50.3 Å². The number of hydrogen-bond acceptors (Lipinski definition) is 7. The summed E-state index contributed by atoms with van der Waals surface area (Å²) in [7, 11) is 0. The van der Waals surface area contributed by atoms with Crippen LogP contribution in [0, 0.1) is 0 Å². The molecule has 2 aliphatic carbocycles. The minimum Gasteiger partial charge on any atom is -0.416 e. The van der Waals surface area contributed by atoms with Crippen LogP contribution in [0.2, 0.25) is 0 Å². The van der Waals surface area contributed by atoms with Crippen LogP contribution in [0.4, 0.5) is 5.13 Å². The molecular weight excluding hydrogens is 392 g/mol. The number of aromatic nitrogens is 3. The molecule has 0 radical (unpaired) electrons. The van der Waals surface area contributed by atoms with Crippen molar-refractivity contribution in [3.8, 4) is 0 Å². The lowest BCUT2D eigenvalue weighted by Gasteiger charge is -2.33. The minimum atomic E-state index is -0.287. The number of nitrogens with zero attached hydrogens (tertiary/aromatic N) is 4. The van der Waals surface area contributed by atoms with E-state index >= 15 is 0 Å². The zero-order valence-corrected chi connectivity index (χ0v) is 18.0. The molecule has 0 spiro atoms. The second kappa shape index (κ2) is 9.39. The summed E-state index contributed by atoms with van der Waals surface area (Å²) in [6, 6.07) is 0.246. The molecule has 2 aromatic heterocycles. The molecule has 0 bridgehead atoms. The van der Waals surface area contributed by atoms with E-state index in [0.29, 0.717) is 11.1 Å². The minimum absolute atomic E-state index is 0.0873. The molecule has 6 nitrogen and oxygen atoms in total. The average molecular weight is 421 g/mol. The predicted molar refractivity (Wildman–Crippen MR) is 112 cm³/mol. The Morgan fingerprint density at radius 3 is 2.54 bits per heavy atom. The fourth-order valence-corrected chi connectivity index (χ4v) is 5.74. The Kier molecular flexibility index (Phi) is 6.67. The molecule has 2 heterocycles. The summed E-state index contributed by atoms with van der Waals surface area (Å²) in [5, 5.41) is 11.4. The monoisotopic (exact) mass is 420 g/mol. The second-order valence-electron chi connectivity index (χ2n) is 7.82. The van der Waals surface area contributed by atoms with Gasteiger partial charge in [-0.25, -0.2) is 4.98 Å². The third-order valence-electron chi connectivity index (χ3n) is 5.80. The summed E-state index contributed by atoms with van der Waals surface area (Å²) in [6.07, 6.45) is 13.5. The van der Waals surface area contributed by atoms with E-state index in [9.17, 15) is 4.79 Å². The van der Waals surface area contributed by atoms with Gasteiger partial charge >= 0.3 is 0 Å². The maximum Gasteiger partial charge on any atom is 0.277 e. The second-order valence-corrected chi connectivity index (χ2v) is 9.98. The molecule has 0 saturated heterocycles. The number of hydrogen-bond donors (Lipinski definition) is 0. The predicted octanol–water partition coefficient (Wildman–Crippen LogP) is 5.42. The molecule has 2 aliphatic rings. The zero-order valence-electron chi connectivity index (χ0n) is 16.4. The highest BCUT2D eigenvalue weighted by atomic mass is 32.2. The Morgan fingerprint density at radius 2 is 1.86 bits per heavy atom. The lowest BCUT2D eigenvalue weighted by molar-refractivity contribution is -0.118. The first kappa shape index (κ1) is 19.9. The molecule has 1 atom stereocenters. The van der Waals surface area contributed by atoms with Crippen molar-refractivity contribution < 1.29 is 9.21 Å². The first-order chi connectivity index (χ1) is 13.7. The van der Waals surface area contributed by atoms with Crippen molar-refractivity contribution in [2.45, 2.75) is 93.6 Å². The maximum absolute atomic E-state index is 13.3. The van der Waals surface area contributed by atoms with E-state index in [0.717, 1.165) is 36.7 Å². The summed E-state index contributed by atoms with van der Waals surface area (Å²) in [5.74, 6) is 1.21. The van der Waals surface area contributed by atoms with Crippen molar-refractivity contribution in [2.75, 3.05) is 4.90 Å². The van der Waals surface area contributed by atoms with Crippen molar-refractivity contribution in [3.63, 3.8) is 0 Å².